The molecule has 8 aromatic rings. The first-order valence-electron chi connectivity index (χ1n) is 20.2. The molecule has 0 bridgehead atoms. The molecule has 1 heteroatoms. The molecule has 0 saturated heterocycles. The molecule has 0 amide bonds. The van der Waals surface area contributed by atoms with Crippen LogP contribution in [0.3, 0.4) is 0 Å². The Kier molecular flexibility index (Phi) is 7.54. The van der Waals surface area contributed by atoms with Gasteiger partial charge in [0.2, 0.25) is 0 Å². The number of benzene rings is 8. The van der Waals surface area contributed by atoms with E-state index in [9.17, 15) is 0 Å². The first kappa shape index (κ1) is 32.9. The smallest absolute Gasteiger partial charge is 0.0540 e. The predicted molar refractivity (Wildman–Crippen MR) is 239 cm³/mol. The van der Waals surface area contributed by atoms with Gasteiger partial charge in [-0.2, -0.15) is 0 Å². The van der Waals surface area contributed by atoms with E-state index >= 15 is 0 Å². The molecule has 8 aromatic carbocycles. The van der Waals surface area contributed by atoms with Crippen LogP contribution in [-0.4, -0.2) is 0 Å². The Balaban J connectivity index is 1.09. The van der Waals surface area contributed by atoms with E-state index in [4.69, 9.17) is 0 Å². The maximum atomic E-state index is 2.49. The monoisotopic (exact) mass is 717 g/mol. The summed E-state index contributed by atoms with van der Waals surface area (Å²) in [5, 5.41) is 5.20. The van der Waals surface area contributed by atoms with Crippen LogP contribution in [0.15, 0.2) is 164 Å². The SMILES string of the molecule is CC1(C)c2ccccc2-c2cc(N(c3ccc(-c4cc5cc(-c6ccccc6)c6c(c5c5c4CCC=C5)C=CCC6)cc3)c3cccc4ccccc34)ccc21. The van der Waals surface area contributed by atoms with Crippen LogP contribution in [0.25, 0.3) is 67.1 Å². The fraction of sp³-hybridized carbons (Fsp3) is 0.127. The van der Waals surface area contributed by atoms with Crippen molar-refractivity contribution >= 4 is 50.8 Å². The van der Waals surface area contributed by atoms with Gasteiger partial charge in [-0.1, -0.05) is 147 Å². The highest BCUT2D eigenvalue weighted by atomic mass is 15.1. The van der Waals surface area contributed by atoms with Gasteiger partial charge < -0.3 is 4.90 Å². The first-order chi connectivity index (χ1) is 27.5. The lowest BCUT2D eigenvalue weighted by molar-refractivity contribution is 0.660. The topological polar surface area (TPSA) is 3.24 Å². The van der Waals surface area contributed by atoms with E-state index in [-0.39, 0.29) is 5.41 Å². The summed E-state index contributed by atoms with van der Waals surface area (Å²) in [7, 11) is 0. The third-order valence-electron chi connectivity index (χ3n) is 12.8. The molecule has 0 saturated carbocycles. The fourth-order valence-electron chi connectivity index (χ4n) is 10.1. The summed E-state index contributed by atoms with van der Waals surface area (Å²) in [6.45, 7) is 4.71. The summed E-state index contributed by atoms with van der Waals surface area (Å²) in [5.41, 5.74) is 19.9. The zero-order valence-electron chi connectivity index (χ0n) is 32.0. The molecule has 3 aliphatic carbocycles. The lowest BCUT2D eigenvalue weighted by Gasteiger charge is -2.28. The van der Waals surface area contributed by atoms with Crippen molar-refractivity contribution in [3.05, 3.63) is 197 Å². The van der Waals surface area contributed by atoms with Crippen molar-refractivity contribution in [2.24, 2.45) is 0 Å². The van der Waals surface area contributed by atoms with Crippen LogP contribution in [0.5, 0.6) is 0 Å². The van der Waals surface area contributed by atoms with Crippen molar-refractivity contribution < 1.29 is 0 Å². The van der Waals surface area contributed by atoms with E-state index in [1.807, 2.05) is 0 Å². The number of anilines is 3. The number of hydrogen-bond donors (Lipinski definition) is 0. The van der Waals surface area contributed by atoms with Gasteiger partial charge in [-0.3, -0.25) is 0 Å². The Bertz CT molecular complexity index is 2920. The molecule has 0 atom stereocenters. The molecule has 56 heavy (non-hydrogen) atoms. The van der Waals surface area contributed by atoms with Gasteiger partial charge in [0, 0.05) is 22.2 Å². The molecule has 0 heterocycles. The lowest BCUT2D eigenvalue weighted by Crippen LogP contribution is -2.15. The average Bonchev–Trinajstić information content (AvgIpc) is 3.49. The summed E-state index contributed by atoms with van der Waals surface area (Å²) in [6, 6.07) is 56.8. The molecule has 0 unspecified atom stereocenters. The Labute approximate surface area is 329 Å². The summed E-state index contributed by atoms with van der Waals surface area (Å²) in [5.74, 6) is 0. The van der Waals surface area contributed by atoms with E-state index in [2.05, 4.69) is 195 Å². The molecule has 3 aliphatic rings. The number of allylic oxidation sites excluding steroid dienone is 2. The number of rotatable bonds is 5. The van der Waals surface area contributed by atoms with E-state index in [1.165, 1.54) is 99.7 Å². The molecular formula is C55H43N. The van der Waals surface area contributed by atoms with Gasteiger partial charge in [-0.25, -0.2) is 0 Å². The van der Waals surface area contributed by atoms with Crippen molar-refractivity contribution in [1.29, 1.82) is 0 Å². The van der Waals surface area contributed by atoms with Gasteiger partial charge >= 0.3 is 0 Å². The molecule has 0 spiro atoms. The van der Waals surface area contributed by atoms with Crippen molar-refractivity contribution in [2.75, 3.05) is 4.90 Å². The van der Waals surface area contributed by atoms with Crippen LogP contribution in [0.4, 0.5) is 17.1 Å². The molecule has 11 rings (SSSR count). The minimum Gasteiger partial charge on any atom is -0.310 e. The third-order valence-corrected chi connectivity index (χ3v) is 12.8. The van der Waals surface area contributed by atoms with Crippen molar-refractivity contribution in [3.63, 3.8) is 0 Å². The largest absolute Gasteiger partial charge is 0.310 e. The average molecular weight is 718 g/mol. The number of fused-ring (bicyclic) bond motifs is 9. The zero-order valence-corrected chi connectivity index (χ0v) is 32.0. The summed E-state index contributed by atoms with van der Waals surface area (Å²) in [6.07, 6.45) is 13.8. The van der Waals surface area contributed by atoms with Gasteiger partial charge in [0.25, 0.3) is 0 Å². The van der Waals surface area contributed by atoms with Crippen LogP contribution >= 0.6 is 0 Å². The second-order valence-electron chi connectivity index (χ2n) is 16.3. The molecule has 0 aromatic heterocycles. The van der Waals surface area contributed by atoms with E-state index in [0.29, 0.717) is 0 Å². The molecule has 0 fully saturated rings. The van der Waals surface area contributed by atoms with E-state index < -0.39 is 0 Å². The molecule has 0 aliphatic heterocycles. The normalized spacial score (nSPS) is 14.7. The summed E-state index contributed by atoms with van der Waals surface area (Å²) >= 11 is 0. The highest BCUT2D eigenvalue weighted by molar-refractivity contribution is 6.06. The van der Waals surface area contributed by atoms with Crippen molar-refractivity contribution in [3.8, 4) is 33.4 Å². The molecule has 268 valence electrons. The maximum Gasteiger partial charge on any atom is 0.0540 e. The Morgan fingerprint density at radius 2 is 1.07 bits per heavy atom. The van der Waals surface area contributed by atoms with Crippen molar-refractivity contribution in [2.45, 2.75) is 44.9 Å². The quantitative estimate of drug-likeness (QED) is 0.171. The fourth-order valence-corrected chi connectivity index (χ4v) is 10.1. The van der Waals surface area contributed by atoms with Crippen LogP contribution in [0.2, 0.25) is 0 Å². The summed E-state index contributed by atoms with van der Waals surface area (Å²) < 4.78 is 0. The molecule has 0 N–H and O–H groups in total. The predicted octanol–water partition coefficient (Wildman–Crippen LogP) is 15.0. The Morgan fingerprint density at radius 3 is 1.82 bits per heavy atom. The lowest BCUT2D eigenvalue weighted by atomic mass is 9.79. The van der Waals surface area contributed by atoms with Crippen LogP contribution < -0.4 is 4.90 Å². The standard InChI is InChI=1S/C55H43N/c1-55(2)51-25-13-12-22-45(51)50-35-41(31-32-52(50)55)56(53-26-14-18-36-17-6-7-19-42(36)53)40-29-27-38(28-30-40)49-34-39-33-48(37-15-4-3-5-16-37)43-20-8-10-23-46(43)54(39)47-24-11-9-21-44(47)49/h3-7,10-19,22-35H,8-9,20-21H2,1-2H3. The second kappa shape index (κ2) is 12.8. The maximum absolute atomic E-state index is 2.49. The van der Waals surface area contributed by atoms with Gasteiger partial charge in [-0.15, -0.1) is 0 Å². The second-order valence-corrected chi connectivity index (χ2v) is 16.3. The van der Waals surface area contributed by atoms with Gasteiger partial charge in [0.1, 0.15) is 0 Å². The number of nitrogens with zero attached hydrogens (tertiary/aromatic N) is 1. The third kappa shape index (κ3) is 5.07. The first-order valence-corrected chi connectivity index (χ1v) is 20.2. The highest BCUT2D eigenvalue weighted by Crippen LogP contribution is 2.51. The van der Waals surface area contributed by atoms with Crippen LogP contribution in [0.1, 0.15) is 60.1 Å². The van der Waals surface area contributed by atoms with E-state index in [0.717, 1.165) is 31.4 Å². The zero-order chi connectivity index (χ0) is 37.4. The Morgan fingerprint density at radius 1 is 0.464 bits per heavy atom. The minimum absolute atomic E-state index is 0.0397. The minimum atomic E-state index is -0.0397. The van der Waals surface area contributed by atoms with Crippen LogP contribution in [-0.2, 0) is 18.3 Å². The summed E-state index contributed by atoms with van der Waals surface area (Å²) in [4.78, 5) is 2.46. The van der Waals surface area contributed by atoms with Gasteiger partial charge in [-0.05, 0) is 151 Å². The molecule has 1 nitrogen and oxygen atoms in total. The number of hydrogen-bond acceptors (Lipinski definition) is 1. The molecule has 0 radical (unpaired) electrons. The Hall–Kier alpha value is -6.44. The van der Waals surface area contributed by atoms with Gasteiger partial charge in [0.05, 0.1) is 5.69 Å². The van der Waals surface area contributed by atoms with Gasteiger partial charge in [0.15, 0.2) is 0 Å². The molecular weight excluding hydrogens is 675 g/mol. The highest BCUT2D eigenvalue weighted by Gasteiger charge is 2.35. The van der Waals surface area contributed by atoms with Crippen LogP contribution in [0, 0.1) is 0 Å². The van der Waals surface area contributed by atoms with E-state index in [1.54, 1.807) is 0 Å². The van der Waals surface area contributed by atoms with Crippen molar-refractivity contribution in [1.82, 2.24) is 0 Å².